The van der Waals surface area contributed by atoms with Crippen LogP contribution in [0.3, 0.4) is 0 Å². The minimum absolute atomic E-state index is 0.104. The van der Waals surface area contributed by atoms with Crippen LogP contribution in [0.5, 0.6) is 0 Å². The second-order valence-electron chi connectivity index (χ2n) is 8.94. The van der Waals surface area contributed by atoms with Crippen molar-refractivity contribution in [1.82, 2.24) is 16.0 Å². The van der Waals surface area contributed by atoms with Crippen LogP contribution in [0.25, 0.3) is 0 Å². The van der Waals surface area contributed by atoms with Crippen molar-refractivity contribution in [1.29, 1.82) is 0 Å². The van der Waals surface area contributed by atoms with Crippen molar-refractivity contribution in [2.24, 2.45) is 17.6 Å². The lowest BCUT2D eigenvalue weighted by molar-refractivity contribution is -0.142. The number of nitrogens with one attached hydrogen (secondary N) is 3. The van der Waals surface area contributed by atoms with Crippen LogP contribution in [-0.2, 0) is 25.6 Å². The molecule has 0 aliphatic heterocycles. The molecule has 5 atom stereocenters. The molecule has 33 heavy (non-hydrogen) atoms. The van der Waals surface area contributed by atoms with Crippen molar-refractivity contribution in [2.75, 3.05) is 0 Å². The van der Waals surface area contributed by atoms with Gasteiger partial charge in [-0.2, -0.15) is 0 Å². The van der Waals surface area contributed by atoms with E-state index in [4.69, 9.17) is 5.73 Å². The molecule has 0 aliphatic carbocycles. The maximum Gasteiger partial charge on any atom is 0.326 e. The van der Waals surface area contributed by atoms with Crippen molar-refractivity contribution < 1.29 is 24.3 Å². The lowest BCUT2D eigenvalue weighted by atomic mass is 9.96. The van der Waals surface area contributed by atoms with Crippen LogP contribution < -0.4 is 21.7 Å². The molecule has 0 spiro atoms. The number of nitrogens with two attached hydrogens (primary N) is 1. The molecule has 0 aromatic heterocycles. The SMILES string of the molecule is CCC(C)C(NC(=O)C(CC(C)C)NC(=O)C(C)N)C(=O)NC(Cc1ccccc1)C(=O)O. The number of carboxylic acid groups (broad SMARTS) is 1. The summed E-state index contributed by atoms with van der Waals surface area (Å²) in [5, 5.41) is 17.5. The Bertz CT molecular complexity index is 797. The Kier molecular flexibility index (Phi) is 11.6. The van der Waals surface area contributed by atoms with Gasteiger partial charge in [0, 0.05) is 6.42 Å². The zero-order chi connectivity index (χ0) is 25.1. The number of carboxylic acids is 1. The fourth-order valence-corrected chi connectivity index (χ4v) is 3.27. The fraction of sp³-hybridized carbons (Fsp3) is 0.583. The molecule has 0 saturated carbocycles. The number of carbonyl (C=O) groups excluding carboxylic acids is 3. The first kappa shape index (κ1) is 28.1. The maximum atomic E-state index is 13.1. The Balaban J connectivity index is 3.01. The Labute approximate surface area is 195 Å². The normalized spacial score (nSPS) is 15.6. The minimum Gasteiger partial charge on any atom is -0.480 e. The number of carbonyl (C=O) groups is 4. The van der Waals surface area contributed by atoms with Gasteiger partial charge in [0.1, 0.15) is 18.1 Å². The van der Waals surface area contributed by atoms with Crippen LogP contribution in [-0.4, -0.2) is 53.0 Å². The largest absolute Gasteiger partial charge is 0.480 e. The summed E-state index contributed by atoms with van der Waals surface area (Å²) in [6, 6.07) is 5.24. The minimum atomic E-state index is -1.16. The van der Waals surface area contributed by atoms with Crippen LogP contribution in [0, 0.1) is 11.8 Å². The summed E-state index contributed by atoms with van der Waals surface area (Å²) in [6.45, 7) is 9.03. The van der Waals surface area contributed by atoms with Crippen molar-refractivity contribution in [3.63, 3.8) is 0 Å². The first-order valence-electron chi connectivity index (χ1n) is 11.4. The van der Waals surface area contributed by atoms with Gasteiger partial charge in [0.15, 0.2) is 0 Å². The maximum absolute atomic E-state index is 13.1. The molecule has 0 heterocycles. The monoisotopic (exact) mass is 462 g/mol. The van der Waals surface area contributed by atoms with Crippen LogP contribution >= 0.6 is 0 Å². The van der Waals surface area contributed by atoms with E-state index in [1.807, 2.05) is 26.8 Å². The first-order valence-corrected chi connectivity index (χ1v) is 11.4. The molecular formula is C24H38N4O5. The molecule has 9 heteroatoms. The molecule has 1 aromatic carbocycles. The third kappa shape index (κ3) is 9.61. The molecule has 0 fully saturated rings. The van der Waals surface area contributed by atoms with Gasteiger partial charge in [-0.1, -0.05) is 64.4 Å². The summed E-state index contributed by atoms with van der Waals surface area (Å²) < 4.78 is 0. The molecule has 0 aliphatic rings. The van der Waals surface area contributed by atoms with Gasteiger partial charge in [0.05, 0.1) is 6.04 Å². The molecule has 0 bridgehead atoms. The smallest absolute Gasteiger partial charge is 0.326 e. The molecule has 3 amide bonds. The molecule has 6 N–H and O–H groups in total. The lowest BCUT2D eigenvalue weighted by Gasteiger charge is -2.28. The zero-order valence-corrected chi connectivity index (χ0v) is 20.1. The predicted octanol–water partition coefficient (Wildman–Crippen LogP) is 1.21. The molecule has 0 saturated heterocycles. The van der Waals surface area contributed by atoms with Gasteiger partial charge in [-0.05, 0) is 30.7 Å². The topological polar surface area (TPSA) is 151 Å². The van der Waals surface area contributed by atoms with E-state index < -0.39 is 47.9 Å². The average molecular weight is 463 g/mol. The highest BCUT2D eigenvalue weighted by Gasteiger charge is 2.32. The summed E-state index contributed by atoms with van der Waals surface area (Å²) in [4.78, 5) is 49.9. The Morgan fingerprint density at radius 2 is 1.45 bits per heavy atom. The van der Waals surface area contributed by atoms with Crippen LogP contribution in [0.2, 0.25) is 0 Å². The molecule has 1 rings (SSSR count). The van der Waals surface area contributed by atoms with Gasteiger partial charge < -0.3 is 26.8 Å². The summed E-state index contributed by atoms with van der Waals surface area (Å²) in [5.41, 5.74) is 6.39. The van der Waals surface area contributed by atoms with E-state index >= 15 is 0 Å². The van der Waals surface area contributed by atoms with E-state index in [1.165, 1.54) is 6.92 Å². The van der Waals surface area contributed by atoms with E-state index in [0.29, 0.717) is 12.8 Å². The highest BCUT2D eigenvalue weighted by Crippen LogP contribution is 2.12. The van der Waals surface area contributed by atoms with E-state index in [9.17, 15) is 24.3 Å². The van der Waals surface area contributed by atoms with Gasteiger partial charge in [-0.3, -0.25) is 14.4 Å². The van der Waals surface area contributed by atoms with E-state index in [0.717, 1.165) is 5.56 Å². The van der Waals surface area contributed by atoms with Gasteiger partial charge in [-0.15, -0.1) is 0 Å². The zero-order valence-electron chi connectivity index (χ0n) is 20.1. The third-order valence-corrected chi connectivity index (χ3v) is 5.44. The van der Waals surface area contributed by atoms with Crippen molar-refractivity contribution >= 4 is 23.7 Å². The molecule has 1 aromatic rings. The summed E-state index contributed by atoms with van der Waals surface area (Å²) in [7, 11) is 0. The van der Waals surface area contributed by atoms with E-state index in [-0.39, 0.29) is 18.3 Å². The highest BCUT2D eigenvalue weighted by molar-refractivity contribution is 5.94. The standard InChI is InChI=1S/C24H38N4O5/c1-6-15(4)20(28-22(30)18(12-14(2)3)26-21(29)16(5)25)23(31)27-19(24(32)33)13-17-10-8-7-9-11-17/h7-11,14-16,18-20H,6,12-13,25H2,1-5H3,(H,26,29)(H,27,31)(H,28,30)(H,32,33). The van der Waals surface area contributed by atoms with E-state index in [2.05, 4.69) is 16.0 Å². The number of amides is 3. The molecule has 184 valence electrons. The third-order valence-electron chi connectivity index (χ3n) is 5.44. The molecule has 5 unspecified atom stereocenters. The highest BCUT2D eigenvalue weighted by atomic mass is 16.4. The summed E-state index contributed by atoms with van der Waals surface area (Å²) in [5.74, 6) is -2.87. The van der Waals surface area contributed by atoms with Crippen LogP contribution in [0.1, 0.15) is 53.0 Å². The summed E-state index contributed by atoms with van der Waals surface area (Å²) in [6.07, 6.45) is 1.06. The second-order valence-corrected chi connectivity index (χ2v) is 8.94. The van der Waals surface area contributed by atoms with Gasteiger partial charge in [0.2, 0.25) is 17.7 Å². The molecule has 9 nitrogen and oxygen atoms in total. The average Bonchev–Trinajstić information content (AvgIpc) is 2.75. The van der Waals surface area contributed by atoms with Crippen LogP contribution in [0.4, 0.5) is 0 Å². The Morgan fingerprint density at radius 3 is 1.94 bits per heavy atom. The van der Waals surface area contributed by atoms with Crippen molar-refractivity contribution in [3.8, 4) is 0 Å². The summed E-state index contributed by atoms with van der Waals surface area (Å²) >= 11 is 0. The first-order chi connectivity index (χ1) is 15.5. The quantitative estimate of drug-likeness (QED) is 0.297. The fourth-order valence-electron chi connectivity index (χ4n) is 3.27. The Morgan fingerprint density at radius 1 is 0.879 bits per heavy atom. The van der Waals surface area contributed by atoms with Gasteiger partial charge >= 0.3 is 5.97 Å². The van der Waals surface area contributed by atoms with E-state index in [1.54, 1.807) is 31.2 Å². The van der Waals surface area contributed by atoms with Crippen LogP contribution in [0.15, 0.2) is 30.3 Å². The lowest BCUT2D eigenvalue weighted by Crippen LogP contribution is -2.58. The van der Waals surface area contributed by atoms with Gasteiger partial charge in [-0.25, -0.2) is 4.79 Å². The number of hydrogen-bond acceptors (Lipinski definition) is 5. The number of hydrogen-bond donors (Lipinski definition) is 5. The number of rotatable bonds is 13. The molecular weight excluding hydrogens is 424 g/mol. The Hall–Kier alpha value is -2.94. The second kappa shape index (κ2) is 13.6. The number of benzene rings is 1. The van der Waals surface area contributed by atoms with Crippen molar-refractivity contribution in [3.05, 3.63) is 35.9 Å². The number of aliphatic carboxylic acids is 1. The van der Waals surface area contributed by atoms with Crippen molar-refractivity contribution in [2.45, 2.75) is 78.0 Å². The predicted molar refractivity (Wildman–Crippen MR) is 126 cm³/mol. The van der Waals surface area contributed by atoms with Gasteiger partial charge in [0.25, 0.3) is 0 Å². The molecule has 0 radical (unpaired) electrons.